The van der Waals surface area contributed by atoms with Gasteiger partial charge in [0.15, 0.2) is 0 Å². The van der Waals surface area contributed by atoms with E-state index in [0.29, 0.717) is 0 Å². The Balaban J connectivity index is 1.78. The lowest BCUT2D eigenvalue weighted by atomic mass is 10.3. The van der Waals surface area contributed by atoms with Crippen molar-refractivity contribution in [2.45, 2.75) is 0 Å². The van der Waals surface area contributed by atoms with Crippen LogP contribution in [0.15, 0.2) is 17.8 Å². The van der Waals surface area contributed by atoms with Crippen molar-refractivity contribution < 1.29 is 5.11 Å². The second-order valence-corrected chi connectivity index (χ2v) is 5.30. The highest BCUT2D eigenvalue weighted by atomic mass is 32.1. The molecule has 1 aliphatic rings. The van der Waals surface area contributed by atoms with Crippen molar-refractivity contribution in [1.82, 2.24) is 14.9 Å². The van der Waals surface area contributed by atoms with Gasteiger partial charge in [0.05, 0.1) is 16.8 Å². The summed E-state index contributed by atoms with van der Waals surface area (Å²) in [6.07, 6.45) is 1.64. The third-order valence-electron chi connectivity index (χ3n) is 3.31. The lowest BCUT2D eigenvalue weighted by molar-refractivity contribution is 0.188. The number of β-amino-alcohol motifs (C(OH)–C–C–N with tert-alkyl or cyclic N) is 1. The van der Waals surface area contributed by atoms with Gasteiger partial charge >= 0.3 is 0 Å². The summed E-state index contributed by atoms with van der Waals surface area (Å²) >= 11 is 1.70. The predicted octanol–water partition coefficient (Wildman–Crippen LogP) is 0.806. The fourth-order valence-electron chi connectivity index (χ4n) is 2.33. The number of thiophene rings is 1. The van der Waals surface area contributed by atoms with E-state index in [-0.39, 0.29) is 6.61 Å². The van der Waals surface area contributed by atoms with Crippen molar-refractivity contribution in [3.63, 3.8) is 0 Å². The quantitative estimate of drug-likeness (QED) is 0.889. The van der Waals surface area contributed by atoms with Gasteiger partial charge in [-0.1, -0.05) is 0 Å². The average molecular weight is 264 g/mol. The second-order valence-electron chi connectivity index (χ2n) is 4.38. The molecule has 96 valence electrons. The van der Waals surface area contributed by atoms with Crippen LogP contribution in [0, 0.1) is 0 Å². The number of nitrogens with zero attached hydrogens (tertiary/aromatic N) is 4. The molecular formula is C12H16N4OS. The highest BCUT2D eigenvalue weighted by molar-refractivity contribution is 7.17. The summed E-state index contributed by atoms with van der Waals surface area (Å²) in [7, 11) is 0. The molecule has 3 rings (SSSR count). The topological polar surface area (TPSA) is 52.5 Å². The van der Waals surface area contributed by atoms with E-state index in [9.17, 15) is 0 Å². The summed E-state index contributed by atoms with van der Waals surface area (Å²) < 4.78 is 1.17. The van der Waals surface area contributed by atoms with Crippen molar-refractivity contribution in [2.24, 2.45) is 0 Å². The summed E-state index contributed by atoms with van der Waals surface area (Å²) in [6, 6.07) is 2.03. The lowest BCUT2D eigenvalue weighted by Gasteiger charge is -2.35. The van der Waals surface area contributed by atoms with Crippen molar-refractivity contribution >= 4 is 27.4 Å². The van der Waals surface area contributed by atoms with E-state index in [0.717, 1.165) is 44.1 Å². The highest BCUT2D eigenvalue weighted by Crippen LogP contribution is 2.28. The fourth-order valence-corrected chi connectivity index (χ4v) is 3.19. The van der Waals surface area contributed by atoms with Crippen LogP contribution in [0.1, 0.15) is 0 Å². The fraction of sp³-hybridized carbons (Fsp3) is 0.500. The molecule has 1 fully saturated rings. The number of anilines is 1. The molecule has 6 heteroatoms. The summed E-state index contributed by atoms with van der Waals surface area (Å²) in [4.78, 5) is 13.3. The van der Waals surface area contributed by atoms with Gasteiger partial charge in [-0.25, -0.2) is 9.97 Å². The van der Waals surface area contributed by atoms with Gasteiger partial charge in [0.1, 0.15) is 12.1 Å². The molecule has 0 amide bonds. The Morgan fingerprint density at radius 3 is 2.83 bits per heavy atom. The number of rotatable bonds is 3. The first-order chi connectivity index (χ1) is 8.88. The van der Waals surface area contributed by atoms with Gasteiger partial charge in [0.25, 0.3) is 0 Å². The van der Waals surface area contributed by atoms with Gasteiger partial charge in [-0.3, -0.25) is 4.90 Å². The number of aliphatic hydroxyl groups excluding tert-OH is 1. The van der Waals surface area contributed by atoms with Crippen molar-refractivity contribution in [2.75, 3.05) is 44.2 Å². The third-order valence-corrected chi connectivity index (χ3v) is 4.21. The van der Waals surface area contributed by atoms with Crippen molar-refractivity contribution in [3.8, 4) is 0 Å². The molecule has 0 saturated carbocycles. The standard InChI is InChI=1S/C12H16N4OS/c17-7-6-15-2-4-16(5-3-15)12-11-10(1-8-18-11)13-9-14-12/h1,8-9,17H,2-7H2. The Morgan fingerprint density at radius 2 is 2.06 bits per heavy atom. The van der Waals surface area contributed by atoms with Crippen LogP contribution in [0.3, 0.4) is 0 Å². The molecule has 0 aliphatic carbocycles. The van der Waals surface area contributed by atoms with E-state index in [2.05, 4.69) is 25.1 Å². The zero-order valence-corrected chi connectivity index (χ0v) is 10.9. The van der Waals surface area contributed by atoms with E-state index in [1.807, 2.05) is 6.07 Å². The molecule has 0 aromatic carbocycles. The Labute approximate surface area is 110 Å². The van der Waals surface area contributed by atoms with Gasteiger partial charge < -0.3 is 10.0 Å². The van der Waals surface area contributed by atoms with E-state index in [1.54, 1.807) is 17.7 Å². The molecule has 2 aromatic heterocycles. The van der Waals surface area contributed by atoms with Gasteiger partial charge in [-0.2, -0.15) is 0 Å². The SMILES string of the molecule is OCCN1CCN(c2ncnc3ccsc23)CC1. The molecule has 0 bridgehead atoms. The van der Waals surface area contributed by atoms with Gasteiger partial charge in [0, 0.05) is 32.7 Å². The first-order valence-electron chi connectivity index (χ1n) is 6.15. The number of aliphatic hydroxyl groups is 1. The van der Waals surface area contributed by atoms with Crippen LogP contribution in [0.5, 0.6) is 0 Å². The van der Waals surface area contributed by atoms with E-state index < -0.39 is 0 Å². The molecule has 0 unspecified atom stereocenters. The Hall–Kier alpha value is -1.24. The summed E-state index contributed by atoms with van der Waals surface area (Å²) in [6.45, 7) is 4.90. The number of aromatic nitrogens is 2. The maximum absolute atomic E-state index is 8.94. The monoisotopic (exact) mass is 264 g/mol. The van der Waals surface area contributed by atoms with Crippen molar-refractivity contribution in [1.29, 1.82) is 0 Å². The van der Waals surface area contributed by atoms with Crippen LogP contribution in [-0.4, -0.2) is 59.3 Å². The highest BCUT2D eigenvalue weighted by Gasteiger charge is 2.19. The number of hydrogen-bond donors (Lipinski definition) is 1. The van der Waals surface area contributed by atoms with Gasteiger partial charge in [-0.15, -0.1) is 11.3 Å². The first-order valence-corrected chi connectivity index (χ1v) is 7.03. The lowest BCUT2D eigenvalue weighted by Crippen LogP contribution is -2.47. The number of fused-ring (bicyclic) bond motifs is 1. The average Bonchev–Trinajstić information content (AvgIpc) is 2.88. The molecule has 1 aliphatic heterocycles. The van der Waals surface area contributed by atoms with Crippen LogP contribution in [0.25, 0.3) is 10.2 Å². The summed E-state index contributed by atoms with van der Waals surface area (Å²) in [5, 5.41) is 11.0. The minimum Gasteiger partial charge on any atom is -0.395 e. The molecule has 2 aromatic rings. The molecule has 18 heavy (non-hydrogen) atoms. The largest absolute Gasteiger partial charge is 0.395 e. The molecule has 0 radical (unpaired) electrons. The molecule has 1 N–H and O–H groups in total. The van der Waals surface area contributed by atoms with Gasteiger partial charge in [0.2, 0.25) is 0 Å². The molecule has 3 heterocycles. The maximum Gasteiger partial charge on any atom is 0.150 e. The zero-order chi connectivity index (χ0) is 12.4. The van der Waals surface area contributed by atoms with Crippen LogP contribution in [-0.2, 0) is 0 Å². The number of piperazine rings is 1. The second kappa shape index (κ2) is 5.17. The van der Waals surface area contributed by atoms with Crippen LogP contribution >= 0.6 is 11.3 Å². The smallest absolute Gasteiger partial charge is 0.150 e. The van der Waals surface area contributed by atoms with E-state index in [1.165, 1.54) is 4.70 Å². The summed E-state index contributed by atoms with van der Waals surface area (Å²) in [5.74, 6) is 1.05. The minimum absolute atomic E-state index is 0.239. The van der Waals surface area contributed by atoms with Crippen LogP contribution < -0.4 is 4.90 Å². The Bertz CT molecular complexity index is 522. The summed E-state index contributed by atoms with van der Waals surface area (Å²) in [5.41, 5.74) is 1.03. The Kier molecular flexibility index (Phi) is 3.40. The van der Waals surface area contributed by atoms with Crippen LogP contribution in [0.2, 0.25) is 0 Å². The van der Waals surface area contributed by atoms with E-state index in [4.69, 9.17) is 5.11 Å². The minimum atomic E-state index is 0.239. The predicted molar refractivity (Wildman–Crippen MR) is 73.2 cm³/mol. The molecular weight excluding hydrogens is 248 g/mol. The zero-order valence-electron chi connectivity index (χ0n) is 10.1. The molecule has 0 atom stereocenters. The first kappa shape index (κ1) is 11.8. The van der Waals surface area contributed by atoms with Gasteiger partial charge in [-0.05, 0) is 11.4 Å². The maximum atomic E-state index is 8.94. The van der Waals surface area contributed by atoms with E-state index >= 15 is 0 Å². The van der Waals surface area contributed by atoms with Crippen molar-refractivity contribution in [3.05, 3.63) is 17.8 Å². The normalized spacial score (nSPS) is 17.5. The molecule has 5 nitrogen and oxygen atoms in total. The number of hydrogen-bond acceptors (Lipinski definition) is 6. The molecule has 0 spiro atoms. The van der Waals surface area contributed by atoms with Crippen LogP contribution in [0.4, 0.5) is 5.82 Å². The third kappa shape index (κ3) is 2.19. The molecule has 1 saturated heterocycles. The Morgan fingerprint density at radius 1 is 1.22 bits per heavy atom.